The Morgan fingerprint density at radius 1 is 0.629 bits per heavy atom. The van der Waals surface area contributed by atoms with E-state index in [9.17, 15) is 0 Å². The summed E-state index contributed by atoms with van der Waals surface area (Å²) in [5.41, 5.74) is 3.02. The van der Waals surface area contributed by atoms with Gasteiger partial charge in [0.25, 0.3) is 0 Å². The third-order valence-corrected chi connectivity index (χ3v) is 6.14. The Labute approximate surface area is 208 Å². The van der Waals surface area contributed by atoms with Crippen LogP contribution in [0.5, 0.6) is 0 Å². The van der Waals surface area contributed by atoms with E-state index in [0.29, 0.717) is 25.6 Å². The van der Waals surface area contributed by atoms with Crippen LogP contribution in [0.2, 0.25) is 0 Å². The van der Waals surface area contributed by atoms with Crippen molar-refractivity contribution < 1.29 is 23.3 Å². The maximum atomic E-state index is 15.5. The Morgan fingerprint density at radius 2 is 1.03 bits per heavy atom. The van der Waals surface area contributed by atoms with Gasteiger partial charge in [0.05, 0.1) is 25.9 Å². The van der Waals surface area contributed by atoms with Gasteiger partial charge in [0, 0.05) is 0 Å². The van der Waals surface area contributed by atoms with Crippen molar-refractivity contribution >= 4 is 0 Å². The largest absolute Gasteiger partial charge is 0.368 e. The van der Waals surface area contributed by atoms with Crippen LogP contribution < -0.4 is 0 Å². The van der Waals surface area contributed by atoms with E-state index in [1.165, 1.54) is 0 Å². The van der Waals surface area contributed by atoms with Crippen LogP contribution in [0.15, 0.2) is 91.0 Å². The predicted molar refractivity (Wildman–Crippen MR) is 134 cm³/mol. The normalized spacial score (nSPS) is 24.5. The van der Waals surface area contributed by atoms with E-state index in [-0.39, 0.29) is 6.61 Å². The van der Waals surface area contributed by atoms with Crippen LogP contribution in [0.4, 0.5) is 4.39 Å². The number of hydrogen-bond donors (Lipinski definition) is 0. The Balaban J connectivity index is 1.57. The molecule has 35 heavy (non-hydrogen) atoms. The first-order valence-electron chi connectivity index (χ1n) is 12.4. The fourth-order valence-corrected chi connectivity index (χ4v) is 4.39. The van der Waals surface area contributed by atoms with Gasteiger partial charge in [0.1, 0.15) is 18.3 Å². The number of benzene rings is 3. The number of alkyl halides is 1. The SMILES string of the molecule is CC(C)CC1OC(F)C(OCc2ccccc2)C(OCc2ccccc2)C1OCc1ccccc1. The molecular weight excluding hydrogens is 443 g/mol. The average Bonchev–Trinajstić information content (AvgIpc) is 2.88. The van der Waals surface area contributed by atoms with E-state index in [1.807, 2.05) is 91.0 Å². The van der Waals surface area contributed by atoms with Crippen LogP contribution in [0.3, 0.4) is 0 Å². The molecule has 1 aliphatic heterocycles. The van der Waals surface area contributed by atoms with E-state index in [0.717, 1.165) is 16.7 Å². The standard InChI is InChI=1S/C30H35FO4/c1-22(2)18-26-27(32-19-23-12-6-3-7-13-23)28(33-20-24-14-8-4-9-15-24)29(30(31)35-26)34-21-25-16-10-5-11-17-25/h3-17,22,26-30H,18-21H2,1-2H3. The zero-order valence-electron chi connectivity index (χ0n) is 20.5. The van der Waals surface area contributed by atoms with Crippen molar-refractivity contribution in [1.29, 1.82) is 0 Å². The van der Waals surface area contributed by atoms with Crippen LogP contribution in [0.25, 0.3) is 0 Å². The van der Waals surface area contributed by atoms with Crippen LogP contribution in [-0.4, -0.2) is 30.8 Å². The molecule has 0 saturated carbocycles. The van der Waals surface area contributed by atoms with Crippen LogP contribution in [-0.2, 0) is 38.8 Å². The molecule has 0 aromatic heterocycles. The summed E-state index contributed by atoms with van der Waals surface area (Å²) in [7, 11) is 0. The molecule has 0 N–H and O–H groups in total. The number of hydrogen-bond acceptors (Lipinski definition) is 4. The van der Waals surface area contributed by atoms with Gasteiger partial charge >= 0.3 is 0 Å². The maximum absolute atomic E-state index is 15.5. The van der Waals surface area contributed by atoms with Crippen LogP contribution in [0.1, 0.15) is 37.0 Å². The summed E-state index contributed by atoms with van der Waals surface area (Å²) in [4.78, 5) is 0. The Kier molecular flexibility index (Phi) is 9.43. The lowest BCUT2D eigenvalue weighted by atomic mass is 9.92. The van der Waals surface area contributed by atoms with E-state index in [2.05, 4.69) is 13.8 Å². The lowest BCUT2D eigenvalue weighted by Crippen LogP contribution is -2.59. The van der Waals surface area contributed by atoms with Gasteiger partial charge in [-0.2, -0.15) is 0 Å². The molecule has 5 unspecified atom stereocenters. The van der Waals surface area contributed by atoms with Crippen molar-refractivity contribution in [2.24, 2.45) is 5.92 Å². The molecule has 1 fully saturated rings. The van der Waals surface area contributed by atoms with Gasteiger partial charge in [-0.3, -0.25) is 0 Å². The summed E-state index contributed by atoms with van der Waals surface area (Å²) < 4.78 is 40.3. The molecule has 0 spiro atoms. The molecule has 1 aliphatic rings. The highest BCUT2D eigenvalue weighted by molar-refractivity contribution is 5.15. The van der Waals surface area contributed by atoms with Crippen molar-refractivity contribution in [3.63, 3.8) is 0 Å². The number of rotatable bonds is 11. The van der Waals surface area contributed by atoms with Crippen molar-refractivity contribution in [3.05, 3.63) is 108 Å². The van der Waals surface area contributed by atoms with Crippen LogP contribution >= 0.6 is 0 Å². The molecule has 3 aromatic carbocycles. The van der Waals surface area contributed by atoms with Gasteiger partial charge in [-0.15, -0.1) is 0 Å². The molecule has 186 valence electrons. The minimum Gasteiger partial charge on any atom is -0.368 e. The lowest BCUT2D eigenvalue weighted by Gasteiger charge is -2.44. The monoisotopic (exact) mass is 478 g/mol. The third-order valence-electron chi connectivity index (χ3n) is 6.14. The third kappa shape index (κ3) is 7.45. The molecule has 1 heterocycles. The fourth-order valence-electron chi connectivity index (χ4n) is 4.39. The minimum absolute atomic E-state index is 0.265. The van der Waals surface area contributed by atoms with Gasteiger partial charge in [-0.1, -0.05) is 105 Å². The molecule has 3 aromatic rings. The first kappa shape index (κ1) is 25.5. The second-order valence-corrected chi connectivity index (χ2v) is 9.44. The highest BCUT2D eigenvalue weighted by Gasteiger charge is 2.48. The second kappa shape index (κ2) is 12.9. The summed E-state index contributed by atoms with van der Waals surface area (Å²) in [5.74, 6) is 0.312. The van der Waals surface area contributed by atoms with E-state index >= 15 is 4.39 Å². The van der Waals surface area contributed by atoms with Crippen molar-refractivity contribution in [1.82, 2.24) is 0 Å². The van der Waals surface area contributed by atoms with E-state index in [4.69, 9.17) is 18.9 Å². The van der Waals surface area contributed by atoms with Gasteiger partial charge < -0.3 is 18.9 Å². The fraction of sp³-hybridized carbons (Fsp3) is 0.400. The zero-order valence-corrected chi connectivity index (χ0v) is 20.5. The summed E-state index contributed by atoms with van der Waals surface area (Å²) in [6.07, 6.45) is -3.41. The highest BCUT2D eigenvalue weighted by atomic mass is 19.1. The molecule has 0 amide bonds. The number of ether oxygens (including phenoxy) is 4. The van der Waals surface area contributed by atoms with Gasteiger partial charge in [-0.25, -0.2) is 4.39 Å². The van der Waals surface area contributed by atoms with Gasteiger partial charge in [-0.05, 0) is 29.0 Å². The molecule has 0 aliphatic carbocycles. The molecule has 4 rings (SSSR count). The molecule has 0 bridgehead atoms. The van der Waals surface area contributed by atoms with Crippen LogP contribution in [0, 0.1) is 5.92 Å². The molecule has 1 saturated heterocycles. The minimum atomic E-state index is -1.61. The van der Waals surface area contributed by atoms with Crippen molar-refractivity contribution in [2.45, 2.75) is 70.9 Å². The Hall–Kier alpha value is -2.57. The number of halogens is 1. The highest BCUT2D eigenvalue weighted by Crippen LogP contribution is 2.33. The summed E-state index contributed by atoms with van der Waals surface area (Å²) >= 11 is 0. The summed E-state index contributed by atoms with van der Waals surface area (Å²) in [6.45, 7) is 5.19. The predicted octanol–water partition coefficient (Wildman–Crippen LogP) is 6.48. The van der Waals surface area contributed by atoms with Gasteiger partial charge in [0.2, 0.25) is 6.36 Å². The molecule has 4 nitrogen and oxygen atoms in total. The Bertz CT molecular complexity index is 983. The summed E-state index contributed by atoms with van der Waals surface area (Å²) in [6, 6.07) is 29.6. The quantitative estimate of drug-likeness (QED) is 0.316. The second-order valence-electron chi connectivity index (χ2n) is 9.44. The first-order valence-corrected chi connectivity index (χ1v) is 12.4. The summed E-state index contributed by atoms with van der Waals surface area (Å²) in [5, 5.41) is 0. The van der Waals surface area contributed by atoms with Crippen molar-refractivity contribution in [2.75, 3.05) is 0 Å². The lowest BCUT2D eigenvalue weighted by molar-refractivity contribution is -0.294. The average molecular weight is 479 g/mol. The van der Waals surface area contributed by atoms with E-state index in [1.54, 1.807) is 0 Å². The maximum Gasteiger partial charge on any atom is 0.228 e. The zero-order chi connectivity index (χ0) is 24.5. The molecule has 5 atom stereocenters. The van der Waals surface area contributed by atoms with Gasteiger partial charge in [0.15, 0.2) is 0 Å². The Morgan fingerprint density at radius 3 is 1.46 bits per heavy atom. The smallest absolute Gasteiger partial charge is 0.228 e. The topological polar surface area (TPSA) is 36.9 Å². The molecule has 0 radical (unpaired) electrons. The molecule has 5 heteroatoms. The van der Waals surface area contributed by atoms with E-state index < -0.39 is 30.8 Å². The molecular formula is C30H35FO4. The first-order chi connectivity index (χ1) is 17.1. The van der Waals surface area contributed by atoms with Crippen molar-refractivity contribution in [3.8, 4) is 0 Å².